The van der Waals surface area contributed by atoms with Crippen LogP contribution in [0.15, 0.2) is 65.4 Å². The van der Waals surface area contributed by atoms with Gasteiger partial charge in [-0.15, -0.1) is 0 Å². The van der Waals surface area contributed by atoms with E-state index in [9.17, 15) is 9.59 Å². The Kier molecular flexibility index (Phi) is 4.75. The van der Waals surface area contributed by atoms with E-state index in [1.807, 2.05) is 12.1 Å². The Labute approximate surface area is 144 Å². The fraction of sp³-hybridized carbons (Fsp3) is 0.0556. The normalized spacial score (nSPS) is 10.1. The molecule has 0 radical (unpaired) electrons. The molecule has 0 bridgehead atoms. The van der Waals surface area contributed by atoms with Gasteiger partial charge in [-0.05, 0) is 48.5 Å². The average molecular weight is 336 g/mol. The van der Waals surface area contributed by atoms with Crippen LogP contribution in [-0.4, -0.2) is 16.8 Å². The highest BCUT2D eigenvalue weighted by molar-refractivity contribution is 6.02. The van der Waals surface area contributed by atoms with Gasteiger partial charge >= 0.3 is 0 Å². The maximum atomic E-state index is 11.9. The van der Waals surface area contributed by atoms with Crippen molar-refractivity contribution >= 4 is 34.7 Å². The second-order valence-electron chi connectivity index (χ2n) is 5.25. The summed E-state index contributed by atoms with van der Waals surface area (Å²) in [7, 11) is 0. The Hall–Kier alpha value is -3.61. The standard InChI is InChI=1S/C18H16N4O3/c1-12(23)20-13-4-6-14(7-5-13)21-17-9-8-15(11-19-17)22-18(24)16-3-2-10-25-16/h2-11H,1H3,(H,19,21)(H,20,23)(H,22,24). The molecule has 2 amide bonds. The summed E-state index contributed by atoms with van der Waals surface area (Å²) < 4.78 is 5.03. The number of furan rings is 1. The van der Waals surface area contributed by atoms with Crippen LogP contribution in [0.4, 0.5) is 22.9 Å². The van der Waals surface area contributed by atoms with Crippen molar-refractivity contribution in [1.29, 1.82) is 0 Å². The molecule has 3 N–H and O–H groups in total. The molecule has 3 rings (SSSR count). The first-order valence-corrected chi connectivity index (χ1v) is 7.56. The van der Waals surface area contributed by atoms with E-state index in [0.29, 0.717) is 11.5 Å². The van der Waals surface area contributed by atoms with Crippen molar-refractivity contribution in [3.8, 4) is 0 Å². The van der Waals surface area contributed by atoms with Gasteiger partial charge < -0.3 is 20.4 Å². The van der Waals surface area contributed by atoms with E-state index >= 15 is 0 Å². The maximum absolute atomic E-state index is 11.9. The number of carbonyl (C=O) groups is 2. The van der Waals surface area contributed by atoms with Crippen LogP contribution in [0.2, 0.25) is 0 Å². The van der Waals surface area contributed by atoms with E-state index in [4.69, 9.17) is 4.42 Å². The predicted molar refractivity (Wildman–Crippen MR) is 94.9 cm³/mol. The molecule has 25 heavy (non-hydrogen) atoms. The minimum absolute atomic E-state index is 0.116. The lowest BCUT2D eigenvalue weighted by Crippen LogP contribution is -2.11. The smallest absolute Gasteiger partial charge is 0.291 e. The number of benzene rings is 1. The summed E-state index contributed by atoms with van der Waals surface area (Å²) in [6.07, 6.45) is 2.99. The average Bonchev–Trinajstić information content (AvgIpc) is 3.13. The number of hydrogen-bond acceptors (Lipinski definition) is 5. The van der Waals surface area contributed by atoms with Gasteiger partial charge in [0, 0.05) is 18.3 Å². The molecule has 0 saturated heterocycles. The van der Waals surface area contributed by atoms with Crippen LogP contribution in [0.5, 0.6) is 0 Å². The molecule has 7 heteroatoms. The molecule has 0 unspecified atom stereocenters. The number of carbonyl (C=O) groups excluding carboxylic acids is 2. The van der Waals surface area contributed by atoms with Crippen molar-refractivity contribution in [3.05, 3.63) is 66.8 Å². The predicted octanol–water partition coefficient (Wildman–Crippen LogP) is 3.63. The number of nitrogens with zero attached hydrogens (tertiary/aromatic N) is 1. The van der Waals surface area contributed by atoms with Crippen molar-refractivity contribution in [2.24, 2.45) is 0 Å². The van der Waals surface area contributed by atoms with E-state index < -0.39 is 0 Å². The maximum Gasteiger partial charge on any atom is 0.291 e. The monoisotopic (exact) mass is 336 g/mol. The molecule has 0 atom stereocenters. The minimum atomic E-state index is -0.332. The molecule has 0 aliphatic carbocycles. The first-order chi connectivity index (χ1) is 12.1. The van der Waals surface area contributed by atoms with Crippen molar-refractivity contribution in [1.82, 2.24) is 4.98 Å². The van der Waals surface area contributed by atoms with E-state index in [0.717, 1.165) is 11.4 Å². The van der Waals surface area contributed by atoms with Crippen LogP contribution in [-0.2, 0) is 4.79 Å². The molecule has 2 aromatic heterocycles. The first kappa shape index (κ1) is 16.3. The second-order valence-corrected chi connectivity index (χ2v) is 5.25. The zero-order chi connectivity index (χ0) is 17.6. The Morgan fingerprint density at radius 3 is 2.24 bits per heavy atom. The number of aromatic nitrogens is 1. The third-order valence-electron chi connectivity index (χ3n) is 3.24. The molecule has 126 valence electrons. The van der Waals surface area contributed by atoms with Crippen molar-refractivity contribution in [3.63, 3.8) is 0 Å². The minimum Gasteiger partial charge on any atom is -0.459 e. The van der Waals surface area contributed by atoms with Crippen LogP contribution in [0.1, 0.15) is 17.5 Å². The Balaban J connectivity index is 1.60. The van der Waals surface area contributed by atoms with E-state index in [2.05, 4.69) is 20.9 Å². The van der Waals surface area contributed by atoms with Crippen molar-refractivity contribution in [2.45, 2.75) is 6.92 Å². The van der Waals surface area contributed by atoms with Gasteiger partial charge in [-0.25, -0.2) is 4.98 Å². The molecule has 1 aromatic carbocycles. The fourth-order valence-corrected chi connectivity index (χ4v) is 2.13. The molecule has 0 fully saturated rings. The van der Waals surface area contributed by atoms with Gasteiger partial charge in [-0.3, -0.25) is 9.59 Å². The SMILES string of the molecule is CC(=O)Nc1ccc(Nc2ccc(NC(=O)c3ccco3)cn2)cc1. The van der Waals surface area contributed by atoms with Gasteiger partial charge in [0.05, 0.1) is 18.1 Å². The summed E-state index contributed by atoms with van der Waals surface area (Å²) in [6.45, 7) is 1.46. The lowest BCUT2D eigenvalue weighted by Gasteiger charge is -2.08. The number of anilines is 4. The number of pyridine rings is 1. The molecule has 2 heterocycles. The third kappa shape index (κ3) is 4.44. The van der Waals surface area contributed by atoms with Crippen LogP contribution in [0, 0.1) is 0 Å². The molecular weight excluding hydrogens is 320 g/mol. The summed E-state index contributed by atoms with van der Waals surface area (Å²) in [4.78, 5) is 27.1. The van der Waals surface area contributed by atoms with Crippen LogP contribution < -0.4 is 16.0 Å². The molecule has 0 saturated carbocycles. The first-order valence-electron chi connectivity index (χ1n) is 7.56. The van der Waals surface area contributed by atoms with Crippen LogP contribution in [0.25, 0.3) is 0 Å². The Morgan fingerprint density at radius 2 is 1.64 bits per heavy atom. The van der Waals surface area contributed by atoms with E-state index in [-0.39, 0.29) is 17.6 Å². The zero-order valence-electron chi connectivity index (χ0n) is 13.4. The topological polar surface area (TPSA) is 96.3 Å². The summed E-state index contributed by atoms with van der Waals surface area (Å²) in [5.41, 5.74) is 2.11. The largest absolute Gasteiger partial charge is 0.459 e. The summed E-state index contributed by atoms with van der Waals surface area (Å²) in [6, 6.07) is 14.0. The molecule has 0 aliphatic heterocycles. The Morgan fingerprint density at radius 1 is 0.920 bits per heavy atom. The lowest BCUT2D eigenvalue weighted by molar-refractivity contribution is -0.114. The van der Waals surface area contributed by atoms with Crippen molar-refractivity contribution < 1.29 is 14.0 Å². The van der Waals surface area contributed by atoms with Gasteiger partial charge in [0.1, 0.15) is 5.82 Å². The third-order valence-corrected chi connectivity index (χ3v) is 3.24. The van der Waals surface area contributed by atoms with Crippen molar-refractivity contribution in [2.75, 3.05) is 16.0 Å². The fourth-order valence-electron chi connectivity index (χ4n) is 2.13. The number of amides is 2. The van der Waals surface area contributed by atoms with Gasteiger partial charge in [0.15, 0.2) is 5.76 Å². The second kappa shape index (κ2) is 7.31. The highest BCUT2D eigenvalue weighted by atomic mass is 16.3. The van der Waals surface area contributed by atoms with E-state index in [1.165, 1.54) is 13.2 Å². The van der Waals surface area contributed by atoms with Gasteiger partial charge in [-0.1, -0.05) is 0 Å². The zero-order valence-corrected chi connectivity index (χ0v) is 13.4. The molecule has 7 nitrogen and oxygen atoms in total. The van der Waals surface area contributed by atoms with Gasteiger partial charge in [0.2, 0.25) is 5.91 Å². The highest BCUT2D eigenvalue weighted by Gasteiger charge is 2.08. The summed E-state index contributed by atoms with van der Waals surface area (Å²) in [5.74, 6) is 0.417. The highest BCUT2D eigenvalue weighted by Crippen LogP contribution is 2.19. The quantitative estimate of drug-likeness (QED) is 0.661. The molecular formula is C18H16N4O3. The van der Waals surface area contributed by atoms with Gasteiger partial charge in [0.25, 0.3) is 5.91 Å². The van der Waals surface area contributed by atoms with E-state index in [1.54, 1.807) is 42.6 Å². The van der Waals surface area contributed by atoms with Crippen LogP contribution >= 0.6 is 0 Å². The summed E-state index contributed by atoms with van der Waals surface area (Å²) in [5, 5.41) is 8.54. The molecule has 0 spiro atoms. The lowest BCUT2D eigenvalue weighted by atomic mass is 10.2. The number of hydrogen-bond donors (Lipinski definition) is 3. The Bertz CT molecular complexity index is 856. The van der Waals surface area contributed by atoms with Crippen LogP contribution in [0.3, 0.4) is 0 Å². The number of nitrogens with one attached hydrogen (secondary N) is 3. The molecule has 3 aromatic rings. The summed E-state index contributed by atoms with van der Waals surface area (Å²) >= 11 is 0. The molecule has 0 aliphatic rings. The number of rotatable bonds is 5. The van der Waals surface area contributed by atoms with Gasteiger partial charge in [-0.2, -0.15) is 0 Å².